The molecule has 3 aliphatic heterocycles. The number of aliphatic hydroxyl groups excluding tert-OH is 1. The lowest BCUT2D eigenvalue weighted by atomic mass is 9.83. The second-order valence-electron chi connectivity index (χ2n) is 10.4. The second-order valence-corrected chi connectivity index (χ2v) is 12.5. The Bertz CT molecular complexity index is 1150. The van der Waals surface area contributed by atoms with Crippen LogP contribution in [0.2, 0.25) is 0 Å². The van der Waals surface area contributed by atoms with Crippen LogP contribution in [0.3, 0.4) is 0 Å². The van der Waals surface area contributed by atoms with Gasteiger partial charge in [-0.15, -0.1) is 0 Å². The van der Waals surface area contributed by atoms with Crippen molar-refractivity contribution >= 4 is 21.9 Å². The number of carbonyl (C=O) groups excluding carboxylic acids is 1. The summed E-state index contributed by atoms with van der Waals surface area (Å²) in [5.41, 5.74) is 6.94. The topological polar surface area (TPSA) is 163 Å². The van der Waals surface area contributed by atoms with Gasteiger partial charge in [-0.2, -0.15) is 0 Å². The summed E-state index contributed by atoms with van der Waals surface area (Å²) in [6, 6.07) is 2.92. The number of aliphatic carboxylic acids is 1. The lowest BCUT2D eigenvalue weighted by molar-refractivity contribution is -0.143. The predicted octanol–water partition coefficient (Wildman–Crippen LogP) is 0.389. The van der Waals surface area contributed by atoms with Crippen LogP contribution in [0.25, 0.3) is 0 Å². The fourth-order valence-corrected chi connectivity index (χ4v) is 7.53. The van der Waals surface area contributed by atoms with Gasteiger partial charge in [-0.3, -0.25) is 14.5 Å². The van der Waals surface area contributed by atoms with Gasteiger partial charge in [0.1, 0.15) is 0 Å². The number of hydrogen-bond acceptors (Lipinski definition) is 9. The van der Waals surface area contributed by atoms with Gasteiger partial charge in [-0.25, -0.2) is 12.7 Å². The number of carbonyl (C=O) groups is 2. The Morgan fingerprint density at radius 2 is 2.03 bits per heavy atom. The highest BCUT2D eigenvalue weighted by atomic mass is 32.2. The van der Waals surface area contributed by atoms with Gasteiger partial charge in [-0.1, -0.05) is 13.3 Å². The van der Waals surface area contributed by atoms with E-state index < -0.39 is 33.9 Å². The Balaban J connectivity index is 1.64. The van der Waals surface area contributed by atoms with Crippen molar-refractivity contribution in [1.29, 1.82) is 0 Å². The number of likely N-dealkylation sites (tertiary alicyclic amines) is 1. The number of ether oxygens (including phenoxy) is 2. The zero-order valence-corrected chi connectivity index (χ0v) is 23.3. The largest absolute Gasteiger partial charge is 0.481 e. The summed E-state index contributed by atoms with van der Waals surface area (Å²) in [7, 11) is -3.35. The van der Waals surface area contributed by atoms with E-state index in [0.29, 0.717) is 55.2 Å². The number of rotatable bonds is 13. The van der Waals surface area contributed by atoms with Crippen LogP contribution in [0, 0.1) is 5.92 Å². The molecular weight excluding hydrogens is 528 g/mol. The molecule has 2 fully saturated rings. The zero-order chi connectivity index (χ0) is 28.2. The minimum absolute atomic E-state index is 0.0127. The molecule has 0 aromatic heterocycles. The van der Waals surface area contributed by atoms with Crippen molar-refractivity contribution in [3.8, 4) is 11.5 Å². The molecule has 13 heteroatoms. The minimum atomic E-state index is -3.35. The van der Waals surface area contributed by atoms with Crippen molar-refractivity contribution in [1.82, 2.24) is 14.1 Å². The average molecular weight is 569 g/mol. The maximum Gasteiger partial charge on any atom is 0.308 e. The predicted molar refractivity (Wildman–Crippen MR) is 143 cm³/mol. The van der Waals surface area contributed by atoms with E-state index in [9.17, 15) is 28.2 Å². The Kier molecular flexibility index (Phi) is 9.70. The summed E-state index contributed by atoms with van der Waals surface area (Å²) in [5.74, 6) is -1.55. The molecule has 1 aromatic rings. The van der Waals surface area contributed by atoms with E-state index in [4.69, 9.17) is 15.2 Å². The van der Waals surface area contributed by atoms with Crippen molar-refractivity contribution in [3.63, 3.8) is 0 Å². The molecule has 0 unspecified atom stereocenters. The molecule has 1 amide bonds. The van der Waals surface area contributed by atoms with Gasteiger partial charge >= 0.3 is 5.97 Å². The van der Waals surface area contributed by atoms with Gasteiger partial charge in [-0.05, 0) is 37.0 Å². The molecular formula is C26H40N4O8S. The highest BCUT2D eigenvalue weighted by Gasteiger charge is 2.48. The Morgan fingerprint density at radius 1 is 1.23 bits per heavy atom. The number of hydrogen-bond donors (Lipinski definition) is 3. The van der Waals surface area contributed by atoms with Crippen LogP contribution >= 0.6 is 0 Å². The highest BCUT2D eigenvalue weighted by molar-refractivity contribution is 7.89. The molecule has 1 aromatic carbocycles. The molecule has 3 heterocycles. The standard InChI is InChI=1S/C26H40N4O8S/c1-2-3-7-28(10-6-27)23(32)15-29-14-20(18-12-19(16-31)25-22(13-18)37-17-38-25)24(26(33)34)21(29)5-9-30-8-4-11-39(30,35)36/h12-13,20-21,24,31H,2-11,14-17,27H2,1H3,(H,33,34)/t20-,21+,24-/m1/s1. The number of carboxylic acids is 1. The van der Waals surface area contributed by atoms with E-state index in [-0.39, 0.29) is 51.1 Å². The van der Waals surface area contributed by atoms with Gasteiger partial charge in [0.05, 0.1) is 24.8 Å². The van der Waals surface area contributed by atoms with E-state index in [1.54, 1.807) is 17.0 Å². The Morgan fingerprint density at radius 3 is 2.67 bits per heavy atom. The van der Waals surface area contributed by atoms with Crippen molar-refractivity contribution in [3.05, 3.63) is 23.3 Å². The van der Waals surface area contributed by atoms with E-state index in [0.717, 1.165) is 12.8 Å². The van der Waals surface area contributed by atoms with Gasteiger partial charge in [0.25, 0.3) is 0 Å². The normalized spacial score (nSPS) is 24.3. The van der Waals surface area contributed by atoms with Crippen LogP contribution < -0.4 is 15.2 Å². The van der Waals surface area contributed by atoms with Gasteiger partial charge in [0.15, 0.2) is 11.5 Å². The third-order valence-electron chi connectivity index (χ3n) is 7.95. The maximum atomic E-state index is 13.4. The number of fused-ring (bicyclic) bond motifs is 1. The molecule has 4 rings (SSSR count). The SMILES string of the molecule is CCCCN(CCN)C(=O)CN1C[C@H](c2cc(CO)c3c(c2)OCO3)[C@@H](C(=O)O)[C@@H]1CCN1CCCS1(=O)=O. The molecule has 0 radical (unpaired) electrons. The van der Waals surface area contributed by atoms with Crippen LogP contribution in [0.5, 0.6) is 11.5 Å². The summed E-state index contributed by atoms with van der Waals surface area (Å²) < 4.78 is 37.3. The van der Waals surface area contributed by atoms with E-state index in [2.05, 4.69) is 0 Å². The molecule has 4 N–H and O–H groups in total. The lowest BCUT2D eigenvalue weighted by Crippen LogP contribution is -2.46. The van der Waals surface area contributed by atoms with Crippen molar-refractivity contribution in [2.75, 3.05) is 58.4 Å². The summed E-state index contributed by atoms with van der Waals surface area (Å²) in [5, 5.41) is 20.3. The number of sulfonamides is 1. The molecule has 0 saturated carbocycles. The molecule has 0 bridgehead atoms. The summed E-state index contributed by atoms with van der Waals surface area (Å²) in [4.78, 5) is 29.7. The Hall–Kier alpha value is -2.45. The molecule has 218 valence electrons. The second kappa shape index (κ2) is 12.8. The average Bonchev–Trinajstić information content (AvgIpc) is 3.61. The number of carboxylic acid groups (broad SMARTS) is 1. The molecule has 3 atom stereocenters. The first kappa shape index (κ1) is 29.5. The monoisotopic (exact) mass is 568 g/mol. The number of benzene rings is 1. The lowest BCUT2D eigenvalue weighted by Gasteiger charge is -2.30. The third kappa shape index (κ3) is 6.49. The number of nitrogens with two attached hydrogens (primary N) is 1. The van der Waals surface area contributed by atoms with Gasteiger partial charge in [0.2, 0.25) is 22.7 Å². The molecule has 39 heavy (non-hydrogen) atoms. The zero-order valence-electron chi connectivity index (χ0n) is 22.5. The van der Waals surface area contributed by atoms with Gasteiger partial charge in [0, 0.05) is 56.8 Å². The highest BCUT2D eigenvalue weighted by Crippen LogP contribution is 2.44. The number of amides is 1. The molecule has 0 aliphatic carbocycles. The summed E-state index contributed by atoms with van der Waals surface area (Å²) >= 11 is 0. The first-order valence-corrected chi connectivity index (χ1v) is 15.3. The fraction of sp³-hybridized carbons (Fsp3) is 0.692. The number of unbranched alkanes of at least 4 members (excludes halogenated alkanes) is 1. The molecule has 0 spiro atoms. The summed E-state index contributed by atoms with van der Waals surface area (Å²) in [6.45, 7) is 3.98. The maximum absolute atomic E-state index is 13.4. The van der Waals surface area contributed by atoms with Crippen molar-refractivity contribution in [2.24, 2.45) is 11.7 Å². The van der Waals surface area contributed by atoms with E-state index in [1.165, 1.54) is 4.31 Å². The number of aliphatic hydroxyl groups is 1. The molecule has 2 saturated heterocycles. The Labute approximate surface area is 229 Å². The van der Waals surface area contributed by atoms with E-state index in [1.807, 2.05) is 11.8 Å². The third-order valence-corrected chi connectivity index (χ3v) is 9.91. The van der Waals surface area contributed by atoms with Crippen LogP contribution in [-0.4, -0.2) is 109 Å². The molecule has 3 aliphatic rings. The van der Waals surface area contributed by atoms with Gasteiger partial charge < -0.3 is 30.3 Å². The minimum Gasteiger partial charge on any atom is -0.481 e. The van der Waals surface area contributed by atoms with Crippen molar-refractivity contribution in [2.45, 2.75) is 51.2 Å². The van der Waals surface area contributed by atoms with Crippen LogP contribution in [0.1, 0.15) is 49.7 Å². The van der Waals surface area contributed by atoms with Crippen LogP contribution in [-0.2, 0) is 26.2 Å². The summed E-state index contributed by atoms with van der Waals surface area (Å²) in [6.07, 6.45) is 2.59. The first-order valence-electron chi connectivity index (χ1n) is 13.7. The van der Waals surface area contributed by atoms with E-state index >= 15 is 0 Å². The van der Waals surface area contributed by atoms with Crippen LogP contribution in [0.4, 0.5) is 0 Å². The smallest absolute Gasteiger partial charge is 0.308 e. The number of nitrogens with zero attached hydrogens (tertiary/aromatic N) is 3. The first-order chi connectivity index (χ1) is 18.7. The van der Waals surface area contributed by atoms with Crippen molar-refractivity contribution < 1.29 is 37.7 Å². The van der Waals surface area contributed by atoms with Crippen LogP contribution in [0.15, 0.2) is 12.1 Å². The molecule has 12 nitrogen and oxygen atoms in total. The quantitative estimate of drug-likeness (QED) is 0.303. The fourth-order valence-electron chi connectivity index (χ4n) is 5.99.